The Kier molecular flexibility index (Phi) is 6.78. The van der Waals surface area contributed by atoms with Gasteiger partial charge in [-0.05, 0) is 43.2 Å². The Morgan fingerprint density at radius 1 is 1.09 bits per heavy atom. The highest BCUT2D eigenvalue weighted by atomic mass is 32.2. The van der Waals surface area contributed by atoms with Crippen molar-refractivity contribution in [2.45, 2.75) is 19.4 Å². The normalized spacial score (nSPS) is 16.7. The van der Waals surface area contributed by atoms with Gasteiger partial charge in [0.1, 0.15) is 11.6 Å². The number of benzene rings is 2. The predicted molar refractivity (Wildman–Crippen MR) is 128 cm³/mol. The van der Waals surface area contributed by atoms with Gasteiger partial charge >= 0.3 is 0 Å². The summed E-state index contributed by atoms with van der Waals surface area (Å²) in [6.07, 6.45) is 0.429. The Morgan fingerprint density at radius 3 is 2.53 bits per heavy atom. The molecule has 34 heavy (non-hydrogen) atoms. The van der Waals surface area contributed by atoms with Gasteiger partial charge < -0.3 is 19.5 Å². The second kappa shape index (κ2) is 9.76. The predicted octanol–water partition coefficient (Wildman–Crippen LogP) is 3.25. The summed E-state index contributed by atoms with van der Waals surface area (Å²) in [6, 6.07) is 14.2. The first-order chi connectivity index (χ1) is 16.3. The molecule has 180 valence electrons. The van der Waals surface area contributed by atoms with E-state index >= 15 is 0 Å². The highest BCUT2D eigenvalue weighted by Gasteiger charge is 2.32. The molecule has 1 aromatic heterocycles. The molecule has 1 saturated heterocycles. The molecule has 10 heteroatoms. The van der Waals surface area contributed by atoms with Gasteiger partial charge in [-0.2, -0.15) is 5.10 Å². The first-order valence-corrected chi connectivity index (χ1v) is 12.6. The topological polar surface area (TPSA) is 109 Å². The molecule has 0 unspecified atom stereocenters. The van der Waals surface area contributed by atoms with Crippen LogP contribution in [0.4, 0.5) is 5.82 Å². The zero-order chi connectivity index (χ0) is 24.3. The van der Waals surface area contributed by atoms with Gasteiger partial charge in [0, 0.05) is 11.6 Å². The van der Waals surface area contributed by atoms with E-state index in [2.05, 4.69) is 10.4 Å². The maximum Gasteiger partial charge on any atom is 0.263 e. The molecule has 1 N–H and O–H groups in total. The second-order valence-electron chi connectivity index (χ2n) is 8.09. The van der Waals surface area contributed by atoms with E-state index in [1.807, 2.05) is 31.2 Å². The number of nitrogens with one attached hydrogen (secondary N) is 1. The van der Waals surface area contributed by atoms with E-state index in [0.717, 1.165) is 11.1 Å². The molecule has 1 atom stereocenters. The van der Waals surface area contributed by atoms with Crippen LogP contribution < -0.4 is 19.5 Å². The first-order valence-electron chi connectivity index (χ1n) is 10.8. The van der Waals surface area contributed by atoms with Crippen molar-refractivity contribution in [3.8, 4) is 28.5 Å². The molecular weight excluding hydrogens is 458 g/mol. The van der Waals surface area contributed by atoms with Crippen molar-refractivity contribution in [2.75, 3.05) is 37.6 Å². The van der Waals surface area contributed by atoms with Crippen LogP contribution in [0, 0.1) is 6.92 Å². The van der Waals surface area contributed by atoms with Gasteiger partial charge in [-0.1, -0.05) is 18.2 Å². The second-order valence-corrected chi connectivity index (χ2v) is 10.3. The van der Waals surface area contributed by atoms with Crippen LogP contribution in [0.1, 0.15) is 18.0 Å². The SMILES string of the molecule is COc1ccc(-c2cc(NC(=O)COc3ccccc3C)n([C@H]3CCS(=O)(=O)C3)n2)cc1OC. The molecule has 1 aliphatic rings. The highest BCUT2D eigenvalue weighted by Crippen LogP contribution is 2.34. The number of methoxy groups -OCH3 is 2. The molecule has 0 bridgehead atoms. The van der Waals surface area contributed by atoms with Gasteiger partial charge in [0.25, 0.3) is 5.91 Å². The lowest BCUT2D eigenvalue weighted by Crippen LogP contribution is -2.24. The molecule has 1 aliphatic heterocycles. The molecule has 1 fully saturated rings. The fourth-order valence-corrected chi connectivity index (χ4v) is 5.60. The third-order valence-corrected chi connectivity index (χ3v) is 7.44. The lowest BCUT2D eigenvalue weighted by Gasteiger charge is -2.14. The number of carbonyl (C=O) groups is 1. The summed E-state index contributed by atoms with van der Waals surface area (Å²) >= 11 is 0. The molecule has 9 nitrogen and oxygen atoms in total. The maximum absolute atomic E-state index is 12.7. The Bertz CT molecular complexity index is 1300. The Morgan fingerprint density at radius 2 is 1.85 bits per heavy atom. The third kappa shape index (κ3) is 5.17. The van der Waals surface area contributed by atoms with Crippen molar-refractivity contribution in [3.05, 3.63) is 54.1 Å². The van der Waals surface area contributed by atoms with Crippen molar-refractivity contribution in [3.63, 3.8) is 0 Å². The lowest BCUT2D eigenvalue weighted by atomic mass is 10.1. The zero-order valence-electron chi connectivity index (χ0n) is 19.3. The van der Waals surface area contributed by atoms with E-state index < -0.39 is 9.84 Å². The smallest absolute Gasteiger partial charge is 0.263 e. The highest BCUT2D eigenvalue weighted by molar-refractivity contribution is 7.91. The van der Waals surface area contributed by atoms with Crippen molar-refractivity contribution in [2.24, 2.45) is 0 Å². The fraction of sp³-hybridized carbons (Fsp3) is 0.333. The molecular formula is C24H27N3O6S. The van der Waals surface area contributed by atoms with Gasteiger partial charge in [-0.15, -0.1) is 0 Å². The van der Waals surface area contributed by atoms with Crippen LogP contribution in [0.3, 0.4) is 0 Å². The van der Waals surface area contributed by atoms with Crippen LogP contribution >= 0.6 is 0 Å². The van der Waals surface area contributed by atoms with Crippen molar-refractivity contribution in [1.82, 2.24) is 9.78 Å². The molecule has 3 aromatic rings. The fourth-order valence-electron chi connectivity index (χ4n) is 3.91. The minimum absolute atomic E-state index is 0.0252. The summed E-state index contributed by atoms with van der Waals surface area (Å²) in [5.41, 5.74) is 2.23. The maximum atomic E-state index is 12.7. The molecule has 1 amide bonds. The number of aryl methyl sites for hydroxylation is 1. The largest absolute Gasteiger partial charge is 0.493 e. The summed E-state index contributed by atoms with van der Waals surface area (Å²) < 4.78 is 42.1. The lowest BCUT2D eigenvalue weighted by molar-refractivity contribution is -0.118. The Hall–Kier alpha value is -3.53. The van der Waals surface area contributed by atoms with Crippen LogP contribution in [-0.2, 0) is 14.6 Å². The van der Waals surface area contributed by atoms with Crippen molar-refractivity contribution in [1.29, 1.82) is 0 Å². The van der Waals surface area contributed by atoms with Crippen molar-refractivity contribution >= 4 is 21.6 Å². The van der Waals surface area contributed by atoms with Gasteiger partial charge in [0.2, 0.25) is 0 Å². The standard InChI is InChI=1S/C24H27N3O6S/c1-16-6-4-5-7-20(16)33-14-24(28)25-23-13-19(17-8-9-21(31-2)22(12-17)32-3)26-27(23)18-10-11-34(29,30)15-18/h4-9,12-13,18H,10-11,14-15H2,1-3H3,(H,25,28)/t18-/m0/s1. The zero-order valence-corrected chi connectivity index (χ0v) is 20.1. The number of rotatable bonds is 8. The van der Waals surface area contributed by atoms with Crippen LogP contribution in [0.5, 0.6) is 17.2 Å². The molecule has 0 saturated carbocycles. The van der Waals surface area contributed by atoms with Gasteiger partial charge in [0.05, 0.1) is 37.5 Å². The summed E-state index contributed by atoms with van der Waals surface area (Å²) in [7, 11) is -0.0493. The number of sulfone groups is 1. The number of anilines is 1. The van der Waals surface area contributed by atoms with E-state index in [1.165, 1.54) is 0 Å². The minimum atomic E-state index is -3.15. The summed E-state index contributed by atoms with van der Waals surface area (Å²) in [6.45, 7) is 1.71. The molecule has 2 aromatic carbocycles. The molecule has 0 radical (unpaired) electrons. The quantitative estimate of drug-likeness (QED) is 0.522. The Balaban J connectivity index is 1.60. The van der Waals surface area contributed by atoms with Gasteiger partial charge in [-0.25, -0.2) is 13.1 Å². The summed E-state index contributed by atoms with van der Waals surface area (Å²) in [5, 5.41) is 7.48. The minimum Gasteiger partial charge on any atom is -0.493 e. The van der Waals surface area contributed by atoms with Crippen LogP contribution in [0.25, 0.3) is 11.3 Å². The molecule has 2 heterocycles. The number of nitrogens with zero attached hydrogens (tertiary/aromatic N) is 2. The van der Waals surface area contributed by atoms with E-state index in [0.29, 0.717) is 35.2 Å². The van der Waals surface area contributed by atoms with Crippen LogP contribution in [-0.4, -0.2) is 56.4 Å². The number of carbonyl (C=O) groups excluding carboxylic acids is 1. The van der Waals surface area contributed by atoms with E-state index in [4.69, 9.17) is 14.2 Å². The third-order valence-electron chi connectivity index (χ3n) is 5.69. The van der Waals surface area contributed by atoms with Crippen molar-refractivity contribution < 1.29 is 27.4 Å². The number of ether oxygens (including phenoxy) is 3. The van der Waals surface area contributed by atoms with Crippen LogP contribution in [0.2, 0.25) is 0 Å². The molecule has 0 spiro atoms. The van der Waals surface area contributed by atoms with Gasteiger partial charge in [0.15, 0.2) is 27.9 Å². The van der Waals surface area contributed by atoms with E-state index in [-0.39, 0.29) is 30.1 Å². The monoisotopic (exact) mass is 485 g/mol. The number of amides is 1. The number of hydrogen-bond donors (Lipinski definition) is 1. The molecule has 4 rings (SSSR count). The van der Waals surface area contributed by atoms with Gasteiger partial charge in [-0.3, -0.25) is 4.79 Å². The molecule has 0 aliphatic carbocycles. The number of hydrogen-bond acceptors (Lipinski definition) is 7. The average molecular weight is 486 g/mol. The van der Waals surface area contributed by atoms with Crippen LogP contribution in [0.15, 0.2) is 48.5 Å². The summed E-state index contributed by atoms with van der Waals surface area (Å²) in [4.78, 5) is 12.7. The Labute approximate surface area is 198 Å². The average Bonchev–Trinajstić information content (AvgIpc) is 3.40. The van der Waals surface area contributed by atoms with E-state index in [1.54, 1.807) is 43.2 Å². The van der Waals surface area contributed by atoms with E-state index in [9.17, 15) is 13.2 Å². The first kappa shape index (κ1) is 23.6. The summed E-state index contributed by atoms with van der Waals surface area (Å²) in [5.74, 6) is 1.84. The number of para-hydroxylation sites is 1. The number of aromatic nitrogens is 2.